The first-order valence-corrected chi connectivity index (χ1v) is 6.71. The number of nitrogens with zero attached hydrogens (tertiary/aromatic N) is 2. The monoisotopic (exact) mass is 266 g/mol. The molecule has 0 radical (unpaired) electrons. The summed E-state index contributed by atoms with van der Waals surface area (Å²) in [7, 11) is 2.13. The van der Waals surface area contributed by atoms with E-state index in [1.807, 2.05) is 0 Å². The predicted octanol–water partition coefficient (Wildman–Crippen LogP) is 0.983. The van der Waals surface area contributed by atoms with Gasteiger partial charge in [0, 0.05) is 43.9 Å². The second kappa shape index (κ2) is 6.12. The van der Waals surface area contributed by atoms with Gasteiger partial charge in [0.15, 0.2) is 0 Å². The van der Waals surface area contributed by atoms with E-state index in [1.165, 1.54) is 12.1 Å². The lowest BCUT2D eigenvalue weighted by atomic mass is 10.1. The number of likely N-dealkylation sites (N-methyl/N-ethyl adjacent to an activating group) is 1. The van der Waals surface area contributed by atoms with Crippen LogP contribution in [0.5, 0.6) is 17.2 Å². The van der Waals surface area contributed by atoms with Crippen molar-refractivity contribution in [3.63, 3.8) is 0 Å². The van der Waals surface area contributed by atoms with Gasteiger partial charge in [-0.3, -0.25) is 0 Å². The molecule has 5 nitrogen and oxygen atoms in total. The molecule has 0 bridgehead atoms. The summed E-state index contributed by atoms with van der Waals surface area (Å²) in [6, 6.07) is 2.54. The molecule has 0 unspecified atom stereocenters. The molecule has 2 rings (SSSR count). The summed E-state index contributed by atoms with van der Waals surface area (Å²) in [5.41, 5.74) is 0.520. The van der Waals surface area contributed by atoms with Crippen molar-refractivity contribution in [2.75, 3.05) is 39.8 Å². The van der Waals surface area contributed by atoms with E-state index in [0.717, 1.165) is 39.1 Å². The van der Waals surface area contributed by atoms with Gasteiger partial charge in [-0.15, -0.1) is 0 Å². The van der Waals surface area contributed by atoms with Crippen LogP contribution in [-0.4, -0.2) is 64.9 Å². The van der Waals surface area contributed by atoms with Gasteiger partial charge in [-0.25, -0.2) is 0 Å². The summed E-state index contributed by atoms with van der Waals surface area (Å²) in [6.45, 7) is 5.30. The standard InChI is InChI=1S/C14H22N2O3/c1-15-5-7-16(8-6-15)4-2-3-12-13(18)9-11(17)10-14(12)19/h9-10,17-19H,2-8H2,1H3. The van der Waals surface area contributed by atoms with Crippen molar-refractivity contribution < 1.29 is 15.3 Å². The van der Waals surface area contributed by atoms with Gasteiger partial charge >= 0.3 is 0 Å². The molecule has 1 aromatic carbocycles. The van der Waals surface area contributed by atoms with Gasteiger partial charge in [0.25, 0.3) is 0 Å². The van der Waals surface area contributed by atoms with Gasteiger partial charge in [-0.1, -0.05) is 0 Å². The van der Waals surface area contributed by atoms with Crippen molar-refractivity contribution >= 4 is 0 Å². The fraction of sp³-hybridized carbons (Fsp3) is 0.571. The topological polar surface area (TPSA) is 67.2 Å². The predicted molar refractivity (Wildman–Crippen MR) is 73.7 cm³/mol. The first-order chi connectivity index (χ1) is 9.06. The number of benzene rings is 1. The van der Waals surface area contributed by atoms with E-state index >= 15 is 0 Å². The number of hydrogen-bond donors (Lipinski definition) is 3. The number of phenolic OH excluding ortho intramolecular Hbond substituents is 3. The van der Waals surface area contributed by atoms with Crippen molar-refractivity contribution in [3.8, 4) is 17.2 Å². The van der Waals surface area contributed by atoms with Gasteiger partial charge in [0.2, 0.25) is 0 Å². The molecule has 5 heteroatoms. The molecular formula is C14H22N2O3. The highest BCUT2D eigenvalue weighted by Gasteiger charge is 2.14. The summed E-state index contributed by atoms with van der Waals surface area (Å²) in [4.78, 5) is 4.71. The molecule has 0 aromatic heterocycles. The van der Waals surface area contributed by atoms with Gasteiger partial charge in [0.05, 0.1) is 0 Å². The van der Waals surface area contributed by atoms with Crippen molar-refractivity contribution in [1.29, 1.82) is 0 Å². The maximum Gasteiger partial charge on any atom is 0.126 e. The fourth-order valence-corrected chi connectivity index (χ4v) is 2.43. The van der Waals surface area contributed by atoms with E-state index in [1.54, 1.807) is 0 Å². The molecule has 1 aromatic rings. The van der Waals surface area contributed by atoms with Gasteiger partial charge in [-0.05, 0) is 26.4 Å². The van der Waals surface area contributed by atoms with Crippen molar-refractivity contribution in [2.24, 2.45) is 0 Å². The third kappa shape index (κ3) is 3.75. The molecule has 0 atom stereocenters. The highest BCUT2D eigenvalue weighted by Crippen LogP contribution is 2.32. The molecule has 0 aliphatic carbocycles. The lowest BCUT2D eigenvalue weighted by molar-refractivity contribution is 0.153. The van der Waals surface area contributed by atoms with Crippen LogP contribution in [0.15, 0.2) is 12.1 Å². The summed E-state index contributed by atoms with van der Waals surface area (Å²) in [5, 5.41) is 28.6. The maximum atomic E-state index is 9.70. The average molecular weight is 266 g/mol. The van der Waals surface area contributed by atoms with E-state index in [-0.39, 0.29) is 17.2 Å². The average Bonchev–Trinajstić information content (AvgIpc) is 2.34. The second-order valence-corrected chi connectivity index (χ2v) is 5.21. The van der Waals surface area contributed by atoms with Gasteiger partial charge in [-0.2, -0.15) is 0 Å². The molecule has 1 heterocycles. The molecule has 0 spiro atoms. The Bertz CT molecular complexity index is 406. The zero-order chi connectivity index (χ0) is 13.8. The Kier molecular flexibility index (Phi) is 4.50. The lowest BCUT2D eigenvalue weighted by Crippen LogP contribution is -2.44. The van der Waals surface area contributed by atoms with E-state index in [2.05, 4.69) is 16.8 Å². The summed E-state index contributed by atoms with van der Waals surface area (Å²) < 4.78 is 0. The minimum absolute atomic E-state index is 0.0316. The SMILES string of the molecule is CN1CCN(CCCc2c(O)cc(O)cc2O)CC1. The minimum atomic E-state index is -0.113. The number of aromatic hydroxyl groups is 3. The Labute approximate surface area is 113 Å². The van der Waals surface area contributed by atoms with Crippen LogP contribution in [0, 0.1) is 0 Å². The zero-order valence-electron chi connectivity index (χ0n) is 11.3. The van der Waals surface area contributed by atoms with Crippen LogP contribution in [0.1, 0.15) is 12.0 Å². The summed E-state index contributed by atoms with van der Waals surface area (Å²) in [6.07, 6.45) is 1.50. The molecule has 1 fully saturated rings. The Hall–Kier alpha value is -1.46. The Morgan fingerprint density at radius 2 is 1.58 bits per heavy atom. The van der Waals surface area contributed by atoms with E-state index in [9.17, 15) is 15.3 Å². The van der Waals surface area contributed by atoms with Crippen molar-refractivity contribution in [2.45, 2.75) is 12.8 Å². The Morgan fingerprint density at radius 3 is 2.16 bits per heavy atom. The molecule has 0 saturated carbocycles. The number of phenols is 3. The minimum Gasteiger partial charge on any atom is -0.508 e. The molecule has 1 aliphatic rings. The maximum absolute atomic E-state index is 9.70. The largest absolute Gasteiger partial charge is 0.508 e. The first kappa shape index (κ1) is 14.0. The van der Waals surface area contributed by atoms with Gasteiger partial charge in [0.1, 0.15) is 17.2 Å². The molecule has 19 heavy (non-hydrogen) atoms. The highest BCUT2D eigenvalue weighted by molar-refractivity contribution is 5.48. The lowest BCUT2D eigenvalue weighted by Gasteiger charge is -2.32. The van der Waals surface area contributed by atoms with Crippen LogP contribution in [-0.2, 0) is 6.42 Å². The molecular weight excluding hydrogens is 244 g/mol. The van der Waals surface area contributed by atoms with Crippen LogP contribution in [0.25, 0.3) is 0 Å². The third-order valence-electron chi connectivity index (χ3n) is 3.68. The van der Waals surface area contributed by atoms with Crippen LogP contribution in [0.3, 0.4) is 0 Å². The fourth-order valence-electron chi connectivity index (χ4n) is 2.43. The van der Waals surface area contributed by atoms with Crippen LogP contribution >= 0.6 is 0 Å². The van der Waals surface area contributed by atoms with E-state index in [0.29, 0.717) is 12.0 Å². The molecule has 0 amide bonds. The zero-order valence-corrected chi connectivity index (χ0v) is 11.3. The Morgan fingerprint density at radius 1 is 1.00 bits per heavy atom. The van der Waals surface area contributed by atoms with Crippen molar-refractivity contribution in [3.05, 3.63) is 17.7 Å². The molecule has 1 aliphatic heterocycles. The van der Waals surface area contributed by atoms with Crippen LogP contribution in [0.4, 0.5) is 0 Å². The second-order valence-electron chi connectivity index (χ2n) is 5.21. The Balaban J connectivity index is 1.83. The highest BCUT2D eigenvalue weighted by atomic mass is 16.3. The summed E-state index contributed by atoms with van der Waals surface area (Å²) in [5.74, 6) is -0.176. The summed E-state index contributed by atoms with van der Waals surface area (Å²) >= 11 is 0. The molecule has 3 N–H and O–H groups in total. The van der Waals surface area contributed by atoms with Crippen LogP contribution in [0.2, 0.25) is 0 Å². The van der Waals surface area contributed by atoms with E-state index < -0.39 is 0 Å². The third-order valence-corrected chi connectivity index (χ3v) is 3.68. The van der Waals surface area contributed by atoms with Gasteiger partial charge < -0.3 is 25.1 Å². The quantitative estimate of drug-likeness (QED) is 0.758. The van der Waals surface area contributed by atoms with Crippen molar-refractivity contribution in [1.82, 2.24) is 9.80 Å². The first-order valence-electron chi connectivity index (χ1n) is 6.71. The number of rotatable bonds is 4. The smallest absolute Gasteiger partial charge is 0.126 e. The van der Waals surface area contributed by atoms with E-state index in [4.69, 9.17) is 0 Å². The number of hydrogen-bond acceptors (Lipinski definition) is 5. The molecule has 106 valence electrons. The number of piperazine rings is 1. The van der Waals surface area contributed by atoms with Crippen LogP contribution < -0.4 is 0 Å². The normalized spacial score (nSPS) is 17.7. The molecule has 1 saturated heterocycles.